The summed E-state index contributed by atoms with van der Waals surface area (Å²) < 4.78 is 6.85. The third kappa shape index (κ3) is 5.97. The molecule has 0 saturated carbocycles. The Balaban J connectivity index is 1.85. The second-order valence-corrected chi connectivity index (χ2v) is 7.59. The first-order chi connectivity index (χ1) is 15.0. The fourth-order valence-electron chi connectivity index (χ4n) is 3.00. The summed E-state index contributed by atoms with van der Waals surface area (Å²) in [5.41, 5.74) is 3.30. The number of nitrogens with zero attached hydrogens (tertiary/aromatic N) is 1. The zero-order valence-corrected chi connectivity index (χ0v) is 18.5. The molecule has 6 heteroatoms. The highest BCUT2D eigenvalue weighted by Gasteiger charge is 2.12. The lowest BCUT2D eigenvalue weighted by molar-refractivity contribution is -0.112. The molecule has 0 aromatic heterocycles. The van der Waals surface area contributed by atoms with Crippen molar-refractivity contribution in [3.63, 3.8) is 0 Å². The number of anilines is 1. The molecule has 0 atom stereocenters. The van der Waals surface area contributed by atoms with Crippen LogP contribution in [0.5, 0.6) is 11.5 Å². The molecule has 3 aromatic carbocycles. The van der Waals surface area contributed by atoms with Crippen molar-refractivity contribution in [1.29, 1.82) is 5.26 Å². The van der Waals surface area contributed by atoms with Gasteiger partial charge < -0.3 is 15.2 Å². The van der Waals surface area contributed by atoms with Crippen LogP contribution in [0.2, 0.25) is 0 Å². The number of nitrogens with one attached hydrogen (secondary N) is 1. The van der Waals surface area contributed by atoms with E-state index >= 15 is 0 Å². The molecular weight excluding hydrogens is 456 g/mol. The van der Waals surface area contributed by atoms with Crippen LogP contribution in [0.1, 0.15) is 23.6 Å². The molecule has 2 N–H and O–H groups in total. The molecule has 0 aliphatic heterocycles. The average Bonchev–Trinajstić information content (AvgIpc) is 2.77. The van der Waals surface area contributed by atoms with E-state index in [0.29, 0.717) is 30.0 Å². The van der Waals surface area contributed by atoms with Crippen LogP contribution in [0.3, 0.4) is 0 Å². The number of phenolic OH excluding ortho intramolecular Hbond substituents is 1. The van der Waals surface area contributed by atoms with Crippen LogP contribution in [0, 0.1) is 11.3 Å². The SMILES string of the molecule is CCOc1cc(/C=C(\C#N)C(=O)Nc2ccc(O)cc2)ccc1Cc1ccccc1Br. The lowest BCUT2D eigenvalue weighted by Gasteiger charge is -2.12. The molecule has 0 spiro atoms. The number of aromatic hydroxyl groups is 1. The van der Waals surface area contributed by atoms with Gasteiger partial charge >= 0.3 is 0 Å². The highest BCUT2D eigenvalue weighted by atomic mass is 79.9. The number of halogens is 1. The minimum atomic E-state index is -0.525. The molecule has 3 rings (SSSR count). The second kappa shape index (κ2) is 10.5. The zero-order valence-electron chi connectivity index (χ0n) is 16.9. The predicted molar refractivity (Wildman–Crippen MR) is 125 cm³/mol. The molecular formula is C25H21BrN2O3. The van der Waals surface area contributed by atoms with E-state index in [1.165, 1.54) is 18.2 Å². The molecule has 31 heavy (non-hydrogen) atoms. The van der Waals surface area contributed by atoms with Crippen molar-refractivity contribution in [2.45, 2.75) is 13.3 Å². The first-order valence-electron chi connectivity index (χ1n) is 9.71. The van der Waals surface area contributed by atoms with Crippen molar-refractivity contribution >= 4 is 33.6 Å². The van der Waals surface area contributed by atoms with Crippen LogP contribution in [0.25, 0.3) is 6.08 Å². The first kappa shape index (κ1) is 22.1. The first-order valence-corrected chi connectivity index (χ1v) is 10.5. The summed E-state index contributed by atoms with van der Waals surface area (Å²) in [5.74, 6) is 0.284. The minimum Gasteiger partial charge on any atom is -0.508 e. The average molecular weight is 477 g/mol. The number of benzene rings is 3. The molecule has 0 fully saturated rings. The molecule has 0 radical (unpaired) electrons. The highest BCUT2D eigenvalue weighted by molar-refractivity contribution is 9.10. The van der Waals surface area contributed by atoms with E-state index in [-0.39, 0.29) is 11.3 Å². The van der Waals surface area contributed by atoms with Gasteiger partial charge in [0.05, 0.1) is 6.61 Å². The zero-order chi connectivity index (χ0) is 22.2. The van der Waals surface area contributed by atoms with E-state index in [1.54, 1.807) is 12.1 Å². The number of carbonyl (C=O) groups is 1. The van der Waals surface area contributed by atoms with E-state index < -0.39 is 5.91 Å². The third-order valence-corrected chi connectivity index (χ3v) is 5.30. The van der Waals surface area contributed by atoms with Gasteiger partial charge in [-0.2, -0.15) is 5.26 Å². The minimum absolute atomic E-state index is 0.0333. The molecule has 0 saturated heterocycles. The van der Waals surface area contributed by atoms with Crippen LogP contribution < -0.4 is 10.1 Å². The van der Waals surface area contributed by atoms with Gasteiger partial charge in [-0.25, -0.2) is 0 Å². The molecule has 0 bridgehead atoms. The monoisotopic (exact) mass is 476 g/mol. The van der Waals surface area contributed by atoms with Crippen molar-refractivity contribution in [2.24, 2.45) is 0 Å². The van der Waals surface area contributed by atoms with E-state index in [2.05, 4.69) is 27.3 Å². The molecule has 1 amide bonds. The predicted octanol–water partition coefficient (Wildman–Crippen LogP) is 5.69. The van der Waals surface area contributed by atoms with E-state index in [9.17, 15) is 15.2 Å². The molecule has 0 heterocycles. The lowest BCUT2D eigenvalue weighted by Crippen LogP contribution is -2.13. The van der Waals surface area contributed by atoms with Crippen molar-refractivity contribution < 1.29 is 14.6 Å². The van der Waals surface area contributed by atoms with E-state index in [0.717, 1.165) is 15.6 Å². The molecule has 3 aromatic rings. The number of hydrogen-bond donors (Lipinski definition) is 2. The van der Waals surface area contributed by atoms with Gasteiger partial charge in [0.15, 0.2) is 0 Å². The Hall–Kier alpha value is -3.56. The normalized spacial score (nSPS) is 10.9. The number of nitriles is 1. The number of rotatable bonds is 7. The van der Waals surface area contributed by atoms with E-state index in [1.807, 2.05) is 49.4 Å². The molecule has 0 aliphatic rings. The number of amides is 1. The summed E-state index contributed by atoms with van der Waals surface area (Å²) >= 11 is 3.58. The van der Waals surface area contributed by atoms with E-state index in [4.69, 9.17) is 4.74 Å². The Morgan fingerprint density at radius 3 is 2.55 bits per heavy atom. The van der Waals surface area contributed by atoms with Crippen molar-refractivity contribution in [2.75, 3.05) is 11.9 Å². The highest BCUT2D eigenvalue weighted by Crippen LogP contribution is 2.27. The number of phenols is 1. The summed E-state index contributed by atoms with van der Waals surface area (Å²) in [4.78, 5) is 12.5. The van der Waals surface area contributed by atoms with Gasteiger partial charge in [-0.3, -0.25) is 4.79 Å². The fraction of sp³-hybridized carbons (Fsp3) is 0.120. The maximum absolute atomic E-state index is 12.5. The summed E-state index contributed by atoms with van der Waals surface area (Å²) in [6, 6.07) is 21.6. The van der Waals surface area contributed by atoms with Gasteiger partial charge in [0.25, 0.3) is 5.91 Å². The van der Waals surface area contributed by atoms with Gasteiger partial charge in [-0.1, -0.05) is 46.3 Å². The summed E-state index contributed by atoms with van der Waals surface area (Å²) in [5, 5.41) is 21.5. The van der Waals surface area contributed by atoms with Crippen LogP contribution in [0.4, 0.5) is 5.69 Å². The van der Waals surface area contributed by atoms with Crippen LogP contribution in [0.15, 0.2) is 76.8 Å². The van der Waals surface area contributed by atoms with Gasteiger partial charge in [-0.05, 0) is 66.1 Å². The Bertz CT molecular complexity index is 1150. The summed E-state index contributed by atoms with van der Waals surface area (Å²) in [6.07, 6.45) is 2.22. The Labute approximate surface area is 189 Å². The maximum atomic E-state index is 12.5. The topological polar surface area (TPSA) is 82.3 Å². The molecule has 0 unspecified atom stereocenters. The molecule has 5 nitrogen and oxygen atoms in total. The lowest BCUT2D eigenvalue weighted by atomic mass is 10.0. The van der Waals surface area contributed by atoms with Gasteiger partial charge in [-0.15, -0.1) is 0 Å². The summed E-state index contributed by atoms with van der Waals surface area (Å²) in [6.45, 7) is 2.42. The van der Waals surface area contributed by atoms with Crippen LogP contribution in [-0.4, -0.2) is 17.6 Å². The standard InChI is InChI=1S/C25H21BrN2O3/c1-2-31-24-14-17(7-8-19(24)15-18-5-3-4-6-23(18)26)13-20(16-27)25(30)28-21-9-11-22(29)12-10-21/h3-14,29H,2,15H2,1H3,(H,28,30)/b20-13+. The number of ether oxygens (including phenoxy) is 1. The Kier molecular flexibility index (Phi) is 7.47. The van der Waals surface area contributed by atoms with Crippen LogP contribution >= 0.6 is 15.9 Å². The number of hydrogen-bond acceptors (Lipinski definition) is 4. The smallest absolute Gasteiger partial charge is 0.266 e. The van der Waals surface area contributed by atoms with Gasteiger partial charge in [0, 0.05) is 16.6 Å². The van der Waals surface area contributed by atoms with Gasteiger partial charge in [0.1, 0.15) is 23.1 Å². The summed E-state index contributed by atoms with van der Waals surface area (Å²) in [7, 11) is 0. The van der Waals surface area contributed by atoms with Gasteiger partial charge in [0.2, 0.25) is 0 Å². The molecule has 0 aliphatic carbocycles. The van der Waals surface area contributed by atoms with Crippen LogP contribution in [-0.2, 0) is 11.2 Å². The maximum Gasteiger partial charge on any atom is 0.266 e. The fourth-order valence-corrected chi connectivity index (χ4v) is 3.43. The largest absolute Gasteiger partial charge is 0.508 e. The second-order valence-electron chi connectivity index (χ2n) is 6.74. The quantitative estimate of drug-likeness (QED) is 0.260. The Morgan fingerprint density at radius 1 is 1.13 bits per heavy atom. The molecule has 156 valence electrons. The van der Waals surface area contributed by atoms with Crippen molar-refractivity contribution in [1.82, 2.24) is 0 Å². The third-order valence-electron chi connectivity index (χ3n) is 4.53. The van der Waals surface area contributed by atoms with Crippen molar-refractivity contribution in [3.8, 4) is 17.6 Å². The number of carbonyl (C=O) groups excluding carboxylic acids is 1. The Morgan fingerprint density at radius 2 is 1.87 bits per heavy atom. The van der Waals surface area contributed by atoms with Crippen molar-refractivity contribution in [3.05, 3.63) is 93.5 Å².